The maximum absolute atomic E-state index is 6.35. The molecule has 4 heteroatoms. The summed E-state index contributed by atoms with van der Waals surface area (Å²) in [5, 5.41) is 1.58. The Balaban J connectivity index is 1.74. The first-order valence-electron chi connectivity index (χ1n) is 7.21. The summed E-state index contributed by atoms with van der Waals surface area (Å²) in [6.45, 7) is 2.08. The number of rotatable bonds is 1. The molecular formula is C17H15ClN2S. The van der Waals surface area contributed by atoms with Crippen molar-refractivity contribution in [2.75, 3.05) is 0 Å². The summed E-state index contributed by atoms with van der Waals surface area (Å²) in [4.78, 5) is 11.6. The molecule has 1 aliphatic rings. The number of hydrogen-bond acceptors (Lipinski definition) is 3. The van der Waals surface area contributed by atoms with Crippen molar-refractivity contribution in [3.05, 3.63) is 57.3 Å². The number of halogens is 1. The van der Waals surface area contributed by atoms with Crippen LogP contribution in [-0.4, -0.2) is 9.97 Å². The third-order valence-electron chi connectivity index (χ3n) is 4.20. The van der Waals surface area contributed by atoms with Crippen LogP contribution in [0, 0.1) is 6.92 Å². The smallest absolute Gasteiger partial charge is 0.141 e. The molecule has 2 heterocycles. The number of fused-ring (bicyclic) bond motifs is 2. The molecule has 0 spiro atoms. The standard InChI is InChI=1S/C17H15ClN2S/c1-10-8-14-15(18)19-16(20-17(14)21-10)13-7-6-11-4-2-3-5-12(11)9-13/h2-5,8,13H,6-7,9H2,1H3. The molecule has 1 atom stereocenters. The van der Waals surface area contributed by atoms with Crippen molar-refractivity contribution in [1.82, 2.24) is 9.97 Å². The average molecular weight is 315 g/mol. The Morgan fingerprint density at radius 1 is 1.19 bits per heavy atom. The molecule has 4 rings (SSSR count). The van der Waals surface area contributed by atoms with Crippen molar-refractivity contribution in [3.8, 4) is 0 Å². The fraction of sp³-hybridized carbons (Fsp3) is 0.294. The van der Waals surface area contributed by atoms with E-state index in [4.69, 9.17) is 16.6 Å². The summed E-state index contributed by atoms with van der Waals surface area (Å²) < 4.78 is 0. The normalized spacial score (nSPS) is 17.9. The molecule has 0 aliphatic heterocycles. The van der Waals surface area contributed by atoms with Gasteiger partial charge in [-0.25, -0.2) is 9.97 Å². The lowest BCUT2D eigenvalue weighted by Gasteiger charge is -2.23. The lowest BCUT2D eigenvalue weighted by molar-refractivity contribution is 0.557. The van der Waals surface area contributed by atoms with Crippen LogP contribution in [0.4, 0.5) is 0 Å². The molecule has 0 saturated heterocycles. The van der Waals surface area contributed by atoms with E-state index < -0.39 is 0 Å². The van der Waals surface area contributed by atoms with Gasteiger partial charge in [0.05, 0.1) is 0 Å². The molecule has 1 unspecified atom stereocenters. The van der Waals surface area contributed by atoms with Crippen LogP contribution in [0.1, 0.15) is 34.2 Å². The van der Waals surface area contributed by atoms with Gasteiger partial charge < -0.3 is 0 Å². The second-order valence-corrected chi connectivity index (χ2v) is 7.25. The van der Waals surface area contributed by atoms with Crippen LogP contribution in [0.3, 0.4) is 0 Å². The Hall–Kier alpha value is -1.45. The van der Waals surface area contributed by atoms with Crippen LogP contribution in [0.2, 0.25) is 5.15 Å². The zero-order chi connectivity index (χ0) is 14.4. The highest BCUT2D eigenvalue weighted by Gasteiger charge is 2.23. The Kier molecular flexibility index (Phi) is 3.20. The minimum absolute atomic E-state index is 0.379. The Bertz CT molecular complexity index is 825. The molecule has 21 heavy (non-hydrogen) atoms. The molecule has 0 amide bonds. The number of nitrogens with zero attached hydrogens (tertiary/aromatic N) is 2. The second kappa shape index (κ2) is 5.08. The maximum Gasteiger partial charge on any atom is 0.141 e. The number of benzene rings is 1. The van der Waals surface area contributed by atoms with Gasteiger partial charge in [0.25, 0.3) is 0 Å². The van der Waals surface area contributed by atoms with Crippen molar-refractivity contribution in [2.45, 2.75) is 32.1 Å². The van der Waals surface area contributed by atoms with E-state index in [2.05, 4.69) is 42.2 Å². The quantitative estimate of drug-likeness (QED) is 0.595. The summed E-state index contributed by atoms with van der Waals surface area (Å²) in [5.41, 5.74) is 2.89. The maximum atomic E-state index is 6.35. The van der Waals surface area contributed by atoms with E-state index in [1.165, 1.54) is 16.0 Å². The number of thiophene rings is 1. The van der Waals surface area contributed by atoms with Crippen molar-refractivity contribution in [1.29, 1.82) is 0 Å². The molecule has 1 aromatic carbocycles. The summed E-state index contributed by atoms with van der Waals surface area (Å²) in [7, 11) is 0. The van der Waals surface area contributed by atoms with Gasteiger partial charge in [-0.3, -0.25) is 0 Å². The largest absolute Gasteiger partial charge is 0.222 e. The van der Waals surface area contributed by atoms with Gasteiger partial charge in [-0.1, -0.05) is 35.9 Å². The van der Waals surface area contributed by atoms with E-state index in [1.807, 2.05) is 0 Å². The van der Waals surface area contributed by atoms with Crippen molar-refractivity contribution < 1.29 is 0 Å². The van der Waals surface area contributed by atoms with Gasteiger partial charge in [-0.2, -0.15) is 0 Å². The summed E-state index contributed by atoms with van der Waals surface area (Å²) in [6.07, 6.45) is 3.22. The van der Waals surface area contributed by atoms with Crippen molar-refractivity contribution in [3.63, 3.8) is 0 Å². The molecule has 2 aromatic heterocycles. The third-order valence-corrected chi connectivity index (χ3v) is 5.43. The molecule has 0 N–H and O–H groups in total. The van der Waals surface area contributed by atoms with Gasteiger partial charge in [-0.15, -0.1) is 11.3 Å². The van der Waals surface area contributed by atoms with E-state index in [1.54, 1.807) is 11.3 Å². The lowest BCUT2D eigenvalue weighted by Crippen LogP contribution is -2.15. The highest BCUT2D eigenvalue weighted by Crippen LogP contribution is 2.34. The van der Waals surface area contributed by atoms with E-state index in [-0.39, 0.29) is 0 Å². The number of aromatic nitrogens is 2. The number of hydrogen-bond donors (Lipinski definition) is 0. The Labute approximate surface area is 132 Å². The second-order valence-electron chi connectivity index (χ2n) is 5.66. The highest BCUT2D eigenvalue weighted by molar-refractivity contribution is 7.18. The van der Waals surface area contributed by atoms with Gasteiger partial charge in [-0.05, 0) is 43.4 Å². The van der Waals surface area contributed by atoms with E-state index in [9.17, 15) is 0 Å². The first kappa shape index (κ1) is 13.2. The zero-order valence-corrected chi connectivity index (χ0v) is 13.3. The summed E-state index contributed by atoms with van der Waals surface area (Å²) in [5.74, 6) is 1.29. The van der Waals surface area contributed by atoms with Gasteiger partial charge in [0, 0.05) is 16.2 Å². The lowest BCUT2D eigenvalue weighted by atomic mass is 9.83. The molecule has 0 saturated carbocycles. The fourth-order valence-corrected chi connectivity index (χ4v) is 4.30. The Morgan fingerprint density at radius 3 is 2.86 bits per heavy atom. The molecule has 0 radical (unpaired) electrons. The van der Waals surface area contributed by atoms with E-state index in [0.29, 0.717) is 11.1 Å². The number of aryl methyl sites for hydroxylation is 2. The highest BCUT2D eigenvalue weighted by atomic mass is 35.5. The third kappa shape index (κ3) is 2.34. The molecule has 0 fully saturated rings. The van der Waals surface area contributed by atoms with Gasteiger partial charge >= 0.3 is 0 Å². The van der Waals surface area contributed by atoms with E-state index >= 15 is 0 Å². The van der Waals surface area contributed by atoms with Crippen LogP contribution >= 0.6 is 22.9 Å². The molecule has 106 valence electrons. The van der Waals surface area contributed by atoms with E-state index in [0.717, 1.165) is 35.3 Å². The van der Waals surface area contributed by atoms with Gasteiger partial charge in [0.1, 0.15) is 15.8 Å². The molecule has 2 nitrogen and oxygen atoms in total. The van der Waals surface area contributed by atoms with Crippen LogP contribution in [0.5, 0.6) is 0 Å². The average Bonchev–Trinajstić information content (AvgIpc) is 2.88. The van der Waals surface area contributed by atoms with Crippen LogP contribution in [-0.2, 0) is 12.8 Å². The SMILES string of the molecule is Cc1cc2c(Cl)nc(C3CCc4ccccc4C3)nc2s1. The van der Waals surface area contributed by atoms with Crippen LogP contribution in [0.25, 0.3) is 10.2 Å². The van der Waals surface area contributed by atoms with Crippen LogP contribution < -0.4 is 0 Å². The first-order chi connectivity index (χ1) is 10.2. The van der Waals surface area contributed by atoms with Crippen LogP contribution in [0.15, 0.2) is 30.3 Å². The fourth-order valence-electron chi connectivity index (χ4n) is 3.12. The van der Waals surface area contributed by atoms with Crippen molar-refractivity contribution in [2.24, 2.45) is 0 Å². The molecule has 0 bridgehead atoms. The first-order valence-corrected chi connectivity index (χ1v) is 8.40. The molecule has 3 aromatic rings. The monoisotopic (exact) mass is 314 g/mol. The summed E-state index contributed by atoms with van der Waals surface area (Å²) in [6, 6.07) is 10.7. The zero-order valence-electron chi connectivity index (χ0n) is 11.8. The minimum atomic E-state index is 0.379. The Morgan fingerprint density at radius 2 is 2.00 bits per heavy atom. The predicted molar refractivity (Wildman–Crippen MR) is 88.4 cm³/mol. The topological polar surface area (TPSA) is 25.8 Å². The van der Waals surface area contributed by atoms with Gasteiger partial charge in [0.15, 0.2) is 0 Å². The minimum Gasteiger partial charge on any atom is -0.222 e. The van der Waals surface area contributed by atoms with Crippen molar-refractivity contribution >= 4 is 33.2 Å². The molecular weight excluding hydrogens is 300 g/mol. The predicted octanol–water partition coefficient (Wildman–Crippen LogP) is 4.93. The summed E-state index contributed by atoms with van der Waals surface area (Å²) >= 11 is 8.05. The van der Waals surface area contributed by atoms with Gasteiger partial charge in [0.2, 0.25) is 0 Å². The molecule has 1 aliphatic carbocycles.